The first-order chi connectivity index (χ1) is 8.07. The third-order valence-corrected chi connectivity index (χ3v) is 4.92. The third kappa shape index (κ3) is 2.13. The number of nitrogen functional groups attached to an aromatic ring is 1. The topological polar surface area (TPSA) is 96.5 Å². The van der Waals surface area contributed by atoms with Crippen molar-refractivity contribution in [3.05, 3.63) is 18.3 Å². The molecule has 0 saturated carbocycles. The van der Waals surface area contributed by atoms with Crippen LogP contribution in [0.25, 0.3) is 0 Å². The molecule has 0 aromatic carbocycles. The maximum absolute atomic E-state index is 12.3. The van der Waals surface area contributed by atoms with Gasteiger partial charge in [0.1, 0.15) is 10.7 Å². The number of aromatic nitrogens is 1. The van der Waals surface area contributed by atoms with Crippen molar-refractivity contribution in [3.63, 3.8) is 0 Å². The van der Waals surface area contributed by atoms with Crippen LogP contribution in [0.2, 0.25) is 0 Å². The summed E-state index contributed by atoms with van der Waals surface area (Å²) in [4.78, 5) is 3.79. The number of rotatable bonds is 3. The second-order valence-corrected chi connectivity index (χ2v) is 5.84. The first kappa shape index (κ1) is 12.3. The van der Waals surface area contributed by atoms with Crippen molar-refractivity contribution in [3.8, 4) is 0 Å². The van der Waals surface area contributed by atoms with Gasteiger partial charge in [0.25, 0.3) is 0 Å². The maximum Gasteiger partial charge on any atom is 0.247 e. The quantitative estimate of drug-likeness (QED) is 0.782. The van der Waals surface area contributed by atoms with E-state index in [-0.39, 0.29) is 23.4 Å². The Balaban J connectivity index is 2.40. The van der Waals surface area contributed by atoms with Gasteiger partial charge in [0.05, 0.1) is 6.61 Å². The third-order valence-electron chi connectivity index (χ3n) is 2.92. The zero-order chi connectivity index (χ0) is 12.5. The van der Waals surface area contributed by atoms with Crippen molar-refractivity contribution < 1.29 is 13.5 Å². The van der Waals surface area contributed by atoms with E-state index in [9.17, 15) is 8.42 Å². The van der Waals surface area contributed by atoms with Gasteiger partial charge < -0.3 is 10.8 Å². The Kier molecular flexibility index (Phi) is 3.32. The van der Waals surface area contributed by atoms with Gasteiger partial charge in [0.2, 0.25) is 10.0 Å². The van der Waals surface area contributed by atoms with Crippen LogP contribution in [0, 0.1) is 0 Å². The number of nitrogens with two attached hydrogens (primary N) is 1. The van der Waals surface area contributed by atoms with Crippen LogP contribution in [0.5, 0.6) is 0 Å². The Hall–Kier alpha value is -1.18. The van der Waals surface area contributed by atoms with Crippen LogP contribution >= 0.6 is 0 Å². The summed E-state index contributed by atoms with van der Waals surface area (Å²) in [6.07, 6.45) is 2.88. The minimum Gasteiger partial charge on any atom is -0.395 e. The fourth-order valence-corrected chi connectivity index (χ4v) is 3.81. The van der Waals surface area contributed by atoms with Crippen LogP contribution in [-0.4, -0.2) is 42.0 Å². The lowest BCUT2D eigenvalue weighted by Crippen LogP contribution is -2.37. The predicted molar refractivity (Wildman–Crippen MR) is 62.6 cm³/mol. The number of nitrogens with zero attached hydrogens (tertiary/aromatic N) is 2. The molecule has 2 heterocycles. The lowest BCUT2D eigenvalue weighted by molar-refractivity contribution is 0.213. The number of aliphatic hydroxyl groups is 1. The molecule has 2 rings (SSSR count). The molecule has 6 nitrogen and oxygen atoms in total. The lowest BCUT2D eigenvalue weighted by atomic mass is 10.2. The minimum absolute atomic E-state index is 0.00362. The second-order valence-electron chi connectivity index (χ2n) is 3.98. The molecule has 1 aliphatic heterocycles. The van der Waals surface area contributed by atoms with Crippen molar-refractivity contribution >= 4 is 15.8 Å². The van der Waals surface area contributed by atoms with Crippen LogP contribution in [0.15, 0.2) is 23.2 Å². The maximum atomic E-state index is 12.3. The molecule has 94 valence electrons. The fourth-order valence-electron chi connectivity index (χ4n) is 2.06. The molecule has 1 saturated heterocycles. The molecule has 1 unspecified atom stereocenters. The zero-order valence-corrected chi connectivity index (χ0v) is 10.1. The van der Waals surface area contributed by atoms with E-state index in [1.807, 2.05) is 0 Å². The number of anilines is 1. The van der Waals surface area contributed by atoms with Gasteiger partial charge >= 0.3 is 0 Å². The van der Waals surface area contributed by atoms with E-state index in [2.05, 4.69) is 4.98 Å². The van der Waals surface area contributed by atoms with Crippen LogP contribution in [0.3, 0.4) is 0 Å². The van der Waals surface area contributed by atoms with Gasteiger partial charge in [0, 0.05) is 18.8 Å². The normalized spacial score (nSPS) is 21.8. The first-order valence-electron chi connectivity index (χ1n) is 5.40. The van der Waals surface area contributed by atoms with Crippen molar-refractivity contribution in [2.75, 3.05) is 18.9 Å². The summed E-state index contributed by atoms with van der Waals surface area (Å²) >= 11 is 0. The highest BCUT2D eigenvalue weighted by atomic mass is 32.2. The van der Waals surface area contributed by atoms with E-state index < -0.39 is 10.0 Å². The van der Waals surface area contributed by atoms with Gasteiger partial charge in [-0.2, -0.15) is 4.31 Å². The largest absolute Gasteiger partial charge is 0.395 e. The van der Waals surface area contributed by atoms with E-state index in [4.69, 9.17) is 10.8 Å². The second kappa shape index (κ2) is 4.59. The summed E-state index contributed by atoms with van der Waals surface area (Å²) in [6.45, 7) is 0.251. The van der Waals surface area contributed by atoms with E-state index in [0.717, 1.165) is 6.42 Å². The van der Waals surface area contributed by atoms with Gasteiger partial charge in [-0.15, -0.1) is 0 Å². The Morgan fingerprint density at radius 3 is 3.00 bits per heavy atom. The zero-order valence-electron chi connectivity index (χ0n) is 9.28. The highest BCUT2D eigenvalue weighted by Gasteiger charge is 2.35. The Labute approximate surface area is 100 Å². The smallest absolute Gasteiger partial charge is 0.247 e. The van der Waals surface area contributed by atoms with Gasteiger partial charge in [0.15, 0.2) is 0 Å². The molecule has 3 N–H and O–H groups in total. The summed E-state index contributed by atoms with van der Waals surface area (Å²) < 4.78 is 25.9. The molecular formula is C10H15N3O3S. The summed E-state index contributed by atoms with van der Waals surface area (Å²) in [5.74, 6) is -0.00362. The molecule has 1 atom stereocenters. The number of hydrogen-bond donors (Lipinski definition) is 2. The minimum atomic E-state index is -3.64. The van der Waals surface area contributed by atoms with Crippen molar-refractivity contribution in [1.29, 1.82) is 0 Å². The van der Waals surface area contributed by atoms with Gasteiger partial charge in [-0.3, -0.25) is 0 Å². The summed E-state index contributed by atoms with van der Waals surface area (Å²) in [5.41, 5.74) is 5.58. The molecule has 1 aliphatic rings. The van der Waals surface area contributed by atoms with Crippen LogP contribution in [-0.2, 0) is 10.0 Å². The summed E-state index contributed by atoms with van der Waals surface area (Å²) in [6, 6.07) is 2.62. The van der Waals surface area contributed by atoms with E-state index in [0.29, 0.717) is 13.0 Å². The van der Waals surface area contributed by atoms with E-state index >= 15 is 0 Å². The predicted octanol–water partition coefficient (Wildman–Crippen LogP) is -0.191. The van der Waals surface area contributed by atoms with E-state index in [1.54, 1.807) is 0 Å². The fraction of sp³-hybridized carbons (Fsp3) is 0.500. The number of aliphatic hydroxyl groups excluding tert-OH is 1. The molecule has 7 heteroatoms. The highest BCUT2D eigenvalue weighted by molar-refractivity contribution is 7.89. The Bertz CT molecular complexity index is 503. The Morgan fingerprint density at radius 1 is 1.59 bits per heavy atom. The van der Waals surface area contributed by atoms with Crippen molar-refractivity contribution in [2.24, 2.45) is 0 Å². The number of hydrogen-bond acceptors (Lipinski definition) is 5. The number of sulfonamides is 1. The standard InChI is InChI=1S/C10H15N3O3S/c11-10-9(4-1-5-12-10)17(15,16)13-6-2-3-8(13)7-14/h1,4-5,8,14H,2-3,6-7H2,(H2,11,12). The number of pyridine rings is 1. The molecule has 0 amide bonds. The molecule has 0 radical (unpaired) electrons. The van der Waals surface area contributed by atoms with Crippen LogP contribution in [0.4, 0.5) is 5.82 Å². The molecule has 1 aromatic rings. The van der Waals surface area contributed by atoms with Crippen molar-refractivity contribution in [1.82, 2.24) is 9.29 Å². The molecule has 1 fully saturated rings. The first-order valence-corrected chi connectivity index (χ1v) is 6.84. The molecule has 0 spiro atoms. The lowest BCUT2D eigenvalue weighted by Gasteiger charge is -2.22. The summed E-state index contributed by atoms with van der Waals surface area (Å²) in [7, 11) is -3.64. The van der Waals surface area contributed by atoms with Gasteiger partial charge in [-0.25, -0.2) is 13.4 Å². The molecule has 0 bridgehead atoms. The SMILES string of the molecule is Nc1ncccc1S(=O)(=O)N1CCCC1CO. The average molecular weight is 257 g/mol. The molecular weight excluding hydrogens is 242 g/mol. The molecule has 0 aliphatic carbocycles. The highest BCUT2D eigenvalue weighted by Crippen LogP contribution is 2.27. The van der Waals surface area contributed by atoms with Gasteiger partial charge in [-0.1, -0.05) is 0 Å². The van der Waals surface area contributed by atoms with Crippen LogP contribution in [0.1, 0.15) is 12.8 Å². The van der Waals surface area contributed by atoms with Gasteiger partial charge in [-0.05, 0) is 25.0 Å². The molecule has 17 heavy (non-hydrogen) atoms. The molecule has 1 aromatic heterocycles. The summed E-state index contributed by atoms with van der Waals surface area (Å²) in [5, 5.41) is 9.16. The monoisotopic (exact) mass is 257 g/mol. The van der Waals surface area contributed by atoms with Crippen molar-refractivity contribution in [2.45, 2.75) is 23.8 Å². The van der Waals surface area contributed by atoms with E-state index in [1.165, 1.54) is 22.6 Å². The Morgan fingerprint density at radius 2 is 2.35 bits per heavy atom. The average Bonchev–Trinajstić information content (AvgIpc) is 2.78. The van der Waals surface area contributed by atoms with Crippen LogP contribution < -0.4 is 5.73 Å².